The van der Waals surface area contributed by atoms with Crippen LogP contribution < -0.4 is 0 Å². The molecular weight excluding hydrogens is 347 g/mol. The Kier molecular flexibility index (Phi) is 6.96. The van der Waals surface area contributed by atoms with E-state index in [-0.39, 0.29) is 0 Å². The second-order valence-electron chi connectivity index (χ2n) is 5.46. The number of esters is 1. The molecule has 1 aromatic carbocycles. The highest BCUT2D eigenvalue weighted by atomic mass is 19.4. The molecular formula is C19H18F3NO3. The van der Waals surface area contributed by atoms with E-state index in [0.717, 1.165) is 19.7 Å². The molecule has 0 bridgehead atoms. The van der Waals surface area contributed by atoms with Crippen molar-refractivity contribution in [3.8, 4) is 11.8 Å². The summed E-state index contributed by atoms with van der Waals surface area (Å²) in [6, 6.07) is 6.60. The standard InChI is InChI=1S/C19H18F3NO3/c1-5-12-18(17(25)26-4,19(20,21)22)23(3)13-6-7-16(24)15-10-8-14(2)9-11-15/h8-12H,1,13H2,2-4H3. The van der Waals surface area contributed by atoms with E-state index in [2.05, 4.69) is 23.2 Å². The number of nitrogens with zero attached hydrogens (tertiary/aromatic N) is 1. The van der Waals surface area contributed by atoms with Crippen LogP contribution in [0.2, 0.25) is 0 Å². The molecule has 4 nitrogen and oxygen atoms in total. The highest BCUT2D eigenvalue weighted by Gasteiger charge is 2.62. The molecule has 1 atom stereocenters. The van der Waals surface area contributed by atoms with Gasteiger partial charge in [0.25, 0.3) is 0 Å². The van der Waals surface area contributed by atoms with Gasteiger partial charge < -0.3 is 4.74 Å². The molecule has 0 radical (unpaired) electrons. The number of Topliss-reactive ketones (excluding diaryl/α,β-unsaturated/α-hetero) is 1. The number of alkyl halides is 3. The van der Waals surface area contributed by atoms with Crippen LogP contribution in [0.3, 0.4) is 0 Å². The minimum absolute atomic E-state index is 0.326. The van der Waals surface area contributed by atoms with Crippen molar-refractivity contribution in [2.24, 2.45) is 0 Å². The van der Waals surface area contributed by atoms with Gasteiger partial charge >= 0.3 is 12.1 Å². The molecule has 0 spiro atoms. The molecule has 0 aliphatic rings. The molecule has 0 heterocycles. The lowest BCUT2D eigenvalue weighted by atomic mass is 9.96. The second-order valence-corrected chi connectivity index (χ2v) is 5.46. The van der Waals surface area contributed by atoms with Gasteiger partial charge in [0.05, 0.1) is 13.7 Å². The maximum Gasteiger partial charge on any atom is 0.421 e. The summed E-state index contributed by atoms with van der Waals surface area (Å²) < 4.78 is 45.1. The van der Waals surface area contributed by atoms with Gasteiger partial charge in [0.1, 0.15) is 0 Å². The van der Waals surface area contributed by atoms with E-state index in [4.69, 9.17) is 0 Å². The van der Waals surface area contributed by atoms with E-state index in [1.807, 2.05) is 12.7 Å². The Balaban J connectivity index is 3.10. The largest absolute Gasteiger partial charge is 0.467 e. The number of ether oxygens (including phenoxy) is 1. The number of ketones is 1. The average Bonchev–Trinajstić information content (AvgIpc) is 2.58. The number of carbonyl (C=O) groups excluding carboxylic acids is 2. The summed E-state index contributed by atoms with van der Waals surface area (Å²) in [5.41, 5.74) is 0.179. The molecule has 0 N–H and O–H groups in total. The van der Waals surface area contributed by atoms with Crippen molar-refractivity contribution >= 4 is 11.8 Å². The smallest absolute Gasteiger partial charge is 0.421 e. The summed E-state index contributed by atoms with van der Waals surface area (Å²) >= 11 is 0. The number of aryl methyl sites for hydroxylation is 1. The zero-order valence-electron chi connectivity index (χ0n) is 14.6. The van der Waals surface area contributed by atoms with Crippen LogP contribution in [0.15, 0.2) is 42.7 Å². The summed E-state index contributed by atoms with van der Waals surface area (Å²) in [5.74, 6) is 2.56. The van der Waals surface area contributed by atoms with Crippen LogP contribution in [0, 0.1) is 18.8 Å². The van der Waals surface area contributed by atoms with Gasteiger partial charge in [-0.05, 0) is 26.0 Å². The first kappa shape index (κ1) is 21.2. The molecule has 1 aromatic rings. The highest BCUT2D eigenvalue weighted by Crippen LogP contribution is 2.37. The summed E-state index contributed by atoms with van der Waals surface area (Å²) in [6.45, 7) is 4.45. The number of halogens is 3. The lowest BCUT2D eigenvalue weighted by Gasteiger charge is -2.36. The average molecular weight is 365 g/mol. The molecule has 0 aliphatic carbocycles. The lowest BCUT2D eigenvalue weighted by molar-refractivity contribution is -0.221. The monoisotopic (exact) mass is 365 g/mol. The van der Waals surface area contributed by atoms with E-state index in [0.29, 0.717) is 16.5 Å². The fourth-order valence-electron chi connectivity index (χ4n) is 2.18. The van der Waals surface area contributed by atoms with Crippen LogP contribution in [0.4, 0.5) is 13.2 Å². The van der Waals surface area contributed by atoms with Crippen LogP contribution in [0.25, 0.3) is 0 Å². The van der Waals surface area contributed by atoms with Crippen LogP contribution in [-0.2, 0) is 9.53 Å². The number of hydrogen-bond acceptors (Lipinski definition) is 4. The number of likely N-dealkylation sites (N-methyl/N-ethyl adjacent to an activating group) is 1. The van der Waals surface area contributed by atoms with E-state index in [9.17, 15) is 22.8 Å². The Morgan fingerprint density at radius 1 is 1.27 bits per heavy atom. The molecule has 0 amide bonds. The topological polar surface area (TPSA) is 46.6 Å². The third-order valence-electron chi connectivity index (χ3n) is 3.67. The number of rotatable bonds is 5. The van der Waals surface area contributed by atoms with Gasteiger partial charge in [-0.2, -0.15) is 13.2 Å². The van der Waals surface area contributed by atoms with Gasteiger partial charge in [-0.15, -0.1) is 5.73 Å². The van der Waals surface area contributed by atoms with Gasteiger partial charge in [0.15, 0.2) is 0 Å². The first-order valence-electron chi connectivity index (χ1n) is 7.43. The summed E-state index contributed by atoms with van der Waals surface area (Å²) in [4.78, 5) is 24.5. The predicted octanol–water partition coefficient (Wildman–Crippen LogP) is 2.93. The zero-order chi connectivity index (χ0) is 20.0. The molecule has 0 saturated carbocycles. The van der Waals surface area contributed by atoms with Gasteiger partial charge in [0.2, 0.25) is 11.3 Å². The number of hydrogen-bond donors (Lipinski definition) is 0. The summed E-state index contributed by atoms with van der Waals surface area (Å²) in [7, 11) is 1.89. The summed E-state index contributed by atoms with van der Waals surface area (Å²) in [5, 5.41) is 0. The van der Waals surface area contributed by atoms with Gasteiger partial charge in [-0.25, -0.2) is 4.79 Å². The number of carbonyl (C=O) groups is 2. The molecule has 0 fully saturated rings. The predicted molar refractivity (Wildman–Crippen MR) is 90.4 cm³/mol. The number of methoxy groups -OCH3 is 1. The maximum absolute atomic E-state index is 13.6. The zero-order valence-corrected chi connectivity index (χ0v) is 14.6. The normalized spacial score (nSPS) is 13.0. The minimum Gasteiger partial charge on any atom is -0.467 e. The number of benzene rings is 1. The Morgan fingerprint density at radius 3 is 2.31 bits per heavy atom. The second kappa shape index (κ2) is 8.52. The molecule has 1 unspecified atom stereocenters. The highest BCUT2D eigenvalue weighted by molar-refractivity contribution is 6.09. The van der Waals surface area contributed by atoms with Crippen LogP contribution >= 0.6 is 0 Å². The molecule has 1 rings (SSSR count). The molecule has 0 saturated heterocycles. The first-order valence-corrected chi connectivity index (χ1v) is 7.43. The fourth-order valence-corrected chi connectivity index (χ4v) is 2.18. The van der Waals surface area contributed by atoms with E-state index in [1.165, 1.54) is 0 Å². The molecule has 0 aromatic heterocycles. The van der Waals surface area contributed by atoms with E-state index < -0.39 is 30.0 Å². The van der Waals surface area contributed by atoms with Gasteiger partial charge in [-0.3, -0.25) is 9.69 Å². The quantitative estimate of drug-likeness (QED) is 0.265. The Morgan fingerprint density at radius 2 is 1.85 bits per heavy atom. The third-order valence-corrected chi connectivity index (χ3v) is 3.67. The Bertz CT molecular complexity index is 781. The van der Waals surface area contributed by atoms with Crippen molar-refractivity contribution in [2.75, 3.05) is 20.7 Å². The Labute approximate surface area is 149 Å². The lowest BCUT2D eigenvalue weighted by Crippen LogP contribution is -2.62. The first-order chi connectivity index (χ1) is 12.1. The van der Waals surface area contributed by atoms with E-state index >= 15 is 0 Å². The van der Waals surface area contributed by atoms with Crippen molar-refractivity contribution in [3.05, 3.63) is 53.8 Å². The minimum atomic E-state index is -5.00. The molecule has 26 heavy (non-hydrogen) atoms. The Hall–Kier alpha value is -2.81. The fraction of sp³-hybridized carbons (Fsp3) is 0.316. The molecule has 0 aliphatic heterocycles. The van der Waals surface area contributed by atoms with Crippen molar-refractivity contribution in [2.45, 2.75) is 18.6 Å². The van der Waals surface area contributed by atoms with Crippen molar-refractivity contribution in [1.82, 2.24) is 4.90 Å². The van der Waals surface area contributed by atoms with Crippen molar-refractivity contribution in [1.29, 1.82) is 0 Å². The van der Waals surface area contributed by atoms with Crippen LogP contribution in [0.5, 0.6) is 0 Å². The van der Waals surface area contributed by atoms with Crippen LogP contribution in [-0.4, -0.2) is 49.1 Å². The molecule has 138 valence electrons. The van der Waals surface area contributed by atoms with Gasteiger partial charge in [0, 0.05) is 5.56 Å². The van der Waals surface area contributed by atoms with Crippen molar-refractivity contribution < 1.29 is 27.5 Å². The van der Waals surface area contributed by atoms with E-state index in [1.54, 1.807) is 24.3 Å². The van der Waals surface area contributed by atoms with Gasteiger partial charge in [-0.1, -0.05) is 42.3 Å². The maximum atomic E-state index is 13.6. The van der Waals surface area contributed by atoms with Crippen molar-refractivity contribution in [3.63, 3.8) is 0 Å². The molecule has 7 heteroatoms. The van der Waals surface area contributed by atoms with Crippen LogP contribution in [0.1, 0.15) is 15.9 Å². The summed E-state index contributed by atoms with van der Waals surface area (Å²) in [6.07, 6.45) is -4.52. The third kappa shape index (κ3) is 4.42. The SMILES string of the molecule is C=C=CC(C(=O)OC)(N(C)CC#CC(=O)c1ccc(C)cc1)C(F)(F)F.